The highest BCUT2D eigenvalue weighted by molar-refractivity contribution is 7.98. The van der Waals surface area contributed by atoms with Gasteiger partial charge in [0, 0.05) is 11.4 Å². The molecule has 1 aliphatic rings. The molecule has 1 aromatic carbocycles. The van der Waals surface area contributed by atoms with Crippen LogP contribution in [0.2, 0.25) is 0 Å². The standard InChI is InChI=1S/C13H15N3OS/c1-18-9-4-5-10-11(7-9)15-13(14-10)12-3-2-6-16(12)8-17/h4-5,7-8,12H,2-3,6H2,1H3,(H,14,15)/t12-/m0/s1. The maximum Gasteiger partial charge on any atom is 0.210 e. The molecule has 1 amide bonds. The van der Waals surface area contributed by atoms with Crippen LogP contribution < -0.4 is 0 Å². The van der Waals surface area contributed by atoms with Crippen molar-refractivity contribution in [1.29, 1.82) is 0 Å². The van der Waals surface area contributed by atoms with Crippen molar-refractivity contribution in [3.8, 4) is 0 Å². The molecule has 94 valence electrons. The van der Waals surface area contributed by atoms with Crippen LogP contribution in [0, 0.1) is 0 Å². The van der Waals surface area contributed by atoms with Gasteiger partial charge in [-0.15, -0.1) is 11.8 Å². The largest absolute Gasteiger partial charge is 0.340 e. The number of fused-ring (bicyclic) bond motifs is 1. The molecule has 1 fully saturated rings. The van der Waals surface area contributed by atoms with E-state index in [0.29, 0.717) is 0 Å². The molecule has 0 aliphatic carbocycles. The lowest BCUT2D eigenvalue weighted by Gasteiger charge is -2.17. The van der Waals surface area contributed by atoms with E-state index >= 15 is 0 Å². The van der Waals surface area contributed by atoms with Crippen LogP contribution in [-0.2, 0) is 4.79 Å². The average Bonchev–Trinajstić information content (AvgIpc) is 3.03. The molecule has 18 heavy (non-hydrogen) atoms. The van der Waals surface area contributed by atoms with Gasteiger partial charge in [0.05, 0.1) is 17.1 Å². The number of benzene rings is 1. The third-order valence-electron chi connectivity index (χ3n) is 3.45. The number of carbonyl (C=O) groups is 1. The Morgan fingerprint density at radius 1 is 1.56 bits per heavy atom. The summed E-state index contributed by atoms with van der Waals surface area (Å²) in [5.74, 6) is 0.910. The Bertz CT molecular complexity index is 581. The van der Waals surface area contributed by atoms with Crippen molar-refractivity contribution in [2.24, 2.45) is 0 Å². The molecule has 1 atom stereocenters. The Morgan fingerprint density at radius 3 is 3.22 bits per heavy atom. The first-order valence-electron chi connectivity index (χ1n) is 6.06. The van der Waals surface area contributed by atoms with Crippen molar-refractivity contribution in [2.45, 2.75) is 23.8 Å². The third kappa shape index (κ3) is 1.88. The highest BCUT2D eigenvalue weighted by atomic mass is 32.2. The number of nitrogens with zero attached hydrogens (tertiary/aromatic N) is 2. The number of imidazole rings is 1. The summed E-state index contributed by atoms with van der Waals surface area (Å²) in [4.78, 5) is 22.0. The van der Waals surface area contributed by atoms with Gasteiger partial charge in [-0.3, -0.25) is 4.79 Å². The summed E-state index contributed by atoms with van der Waals surface area (Å²) >= 11 is 1.72. The van der Waals surface area contributed by atoms with E-state index in [1.807, 2.05) is 11.0 Å². The van der Waals surface area contributed by atoms with Gasteiger partial charge < -0.3 is 9.88 Å². The number of aromatic nitrogens is 2. The van der Waals surface area contributed by atoms with Crippen LogP contribution in [0.1, 0.15) is 24.7 Å². The topological polar surface area (TPSA) is 49.0 Å². The Balaban J connectivity index is 2.00. The number of H-pyrrole nitrogens is 1. The predicted molar refractivity (Wildman–Crippen MR) is 72.6 cm³/mol. The summed E-state index contributed by atoms with van der Waals surface area (Å²) in [6.07, 6.45) is 5.03. The number of rotatable bonds is 3. The highest BCUT2D eigenvalue weighted by Gasteiger charge is 2.27. The first-order valence-corrected chi connectivity index (χ1v) is 7.29. The Labute approximate surface area is 110 Å². The van der Waals surface area contributed by atoms with E-state index in [1.54, 1.807) is 11.8 Å². The number of aromatic amines is 1. The fourth-order valence-electron chi connectivity index (χ4n) is 2.50. The zero-order valence-electron chi connectivity index (χ0n) is 10.2. The smallest absolute Gasteiger partial charge is 0.210 e. The van der Waals surface area contributed by atoms with Gasteiger partial charge >= 0.3 is 0 Å². The van der Waals surface area contributed by atoms with Crippen molar-refractivity contribution >= 4 is 29.2 Å². The van der Waals surface area contributed by atoms with Crippen LogP contribution in [0.4, 0.5) is 0 Å². The van der Waals surface area contributed by atoms with Gasteiger partial charge in [-0.1, -0.05) is 0 Å². The molecular formula is C13H15N3OS. The van der Waals surface area contributed by atoms with Gasteiger partial charge in [-0.05, 0) is 37.3 Å². The van der Waals surface area contributed by atoms with E-state index in [0.717, 1.165) is 42.7 Å². The molecule has 0 unspecified atom stereocenters. The van der Waals surface area contributed by atoms with E-state index in [1.165, 1.54) is 4.90 Å². The molecule has 1 aliphatic heterocycles. The molecule has 4 nitrogen and oxygen atoms in total. The molecule has 1 saturated heterocycles. The summed E-state index contributed by atoms with van der Waals surface area (Å²) in [6, 6.07) is 6.33. The summed E-state index contributed by atoms with van der Waals surface area (Å²) < 4.78 is 0. The van der Waals surface area contributed by atoms with Crippen LogP contribution in [-0.4, -0.2) is 34.1 Å². The van der Waals surface area contributed by atoms with Gasteiger partial charge in [-0.2, -0.15) is 0 Å². The zero-order valence-corrected chi connectivity index (χ0v) is 11.0. The molecule has 5 heteroatoms. The van der Waals surface area contributed by atoms with Crippen LogP contribution in [0.25, 0.3) is 11.0 Å². The molecule has 2 aromatic rings. The third-order valence-corrected chi connectivity index (χ3v) is 4.18. The summed E-state index contributed by atoms with van der Waals surface area (Å²) in [6.45, 7) is 0.835. The molecule has 1 aromatic heterocycles. The van der Waals surface area contributed by atoms with Gasteiger partial charge in [0.25, 0.3) is 0 Å². The molecule has 0 saturated carbocycles. The lowest BCUT2D eigenvalue weighted by Crippen LogP contribution is -2.21. The Hall–Kier alpha value is -1.49. The molecule has 2 heterocycles. The van der Waals surface area contributed by atoms with Crippen LogP contribution in [0.3, 0.4) is 0 Å². The SMILES string of the molecule is CSc1ccc2nc([C@@H]3CCCN3C=O)[nH]c2c1. The van der Waals surface area contributed by atoms with Gasteiger partial charge in [-0.25, -0.2) is 4.98 Å². The highest BCUT2D eigenvalue weighted by Crippen LogP contribution is 2.30. The molecule has 0 bridgehead atoms. The molecule has 1 N–H and O–H groups in total. The minimum Gasteiger partial charge on any atom is -0.340 e. The second-order valence-electron chi connectivity index (χ2n) is 4.51. The van der Waals surface area contributed by atoms with Gasteiger partial charge in [0.1, 0.15) is 5.82 Å². The van der Waals surface area contributed by atoms with E-state index < -0.39 is 0 Å². The average molecular weight is 261 g/mol. The maximum absolute atomic E-state index is 11.0. The molecular weight excluding hydrogens is 246 g/mol. The Kier molecular flexibility index (Phi) is 2.99. The number of amides is 1. The lowest BCUT2D eigenvalue weighted by atomic mass is 10.2. The predicted octanol–water partition coefficient (Wildman–Crippen LogP) is 2.58. The number of carbonyl (C=O) groups excluding carboxylic acids is 1. The van der Waals surface area contributed by atoms with E-state index in [4.69, 9.17) is 0 Å². The summed E-state index contributed by atoms with van der Waals surface area (Å²) in [5, 5.41) is 0. The number of nitrogens with one attached hydrogen (secondary N) is 1. The van der Waals surface area contributed by atoms with Crippen molar-refractivity contribution in [2.75, 3.05) is 12.8 Å². The van der Waals surface area contributed by atoms with Crippen molar-refractivity contribution in [1.82, 2.24) is 14.9 Å². The molecule has 3 rings (SSSR count). The van der Waals surface area contributed by atoms with E-state index in [-0.39, 0.29) is 6.04 Å². The number of hydrogen-bond donors (Lipinski definition) is 1. The summed E-state index contributed by atoms with van der Waals surface area (Å²) in [7, 11) is 0. The van der Waals surface area contributed by atoms with Crippen LogP contribution >= 0.6 is 11.8 Å². The fraction of sp³-hybridized carbons (Fsp3) is 0.385. The first kappa shape index (κ1) is 11.6. The van der Waals surface area contributed by atoms with Gasteiger partial charge in [0.15, 0.2) is 0 Å². The maximum atomic E-state index is 11.0. The van der Waals surface area contributed by atoms with Crippen LogP contribution in [0.5, 0.6) is 0 Å². The molecule has 0 spiro atoms. The van der Waals surface area contributed by atoms with Crippen molar-refractivity contribution < 1.29 is 4.79 Å². The van der Waals surface area contributed by atoms with Crippen LogP contribution in [0.15, 0.2) is 23.1 Å². The molecule has 0 radical (unpaired) electrons. The quantitative estimate of drug-likeness (QED) is 0.682. The van der Waals surface area contributed by atoms with E-state index in [2.05, 4.69) is 28.4 Å². The number of hydrogen-bond acceptors (Lipinski definition) is 3. The fourth-order valence-corrected chi connectivity index (χ4v) is 2.94. The first-order chi connectivity index (χ1) is 8.81. The minimum atomic E-state index is 0.118. The Morgan fingerprint density at radius 2 is 2.44 bits per heavy atom. The second-order valence-corrected chi connectivity index (χ2v) is 5.39. The number of likely N-dealkylation sites (tertiary alicyclic amines) is 1. The van der Waals surface area contributed by atoms with E-state index in [9.17, 15) is 4.79 Å². The monoisotopic (exact) mass is 261 g/mol. The second kappa shape index (κ2) is 4.65. The van der Waals surface area contributed by atoms with Crippen molar-refractivity contribution in [3.05, 3.63) is 24.0 Å². The normalized spacial score (nSPS) is 19.6. The zero-order chi connectivity index (χ0) is 12.5. The lowest BCUT2D eigenvalue weighted by molar-refractivity contribution is -0.119. The van der Waals surface area contributed by atoms with Crippen molar-refractivity contribution in [3.63, 3.8) is 0 Å². The summed E-state index contributed by atoms with van der Waals surface area (Å²) in [5.41, 5.74) is 2.02. The number of thioether (sulfide) groups is 1. The van der Waals surface area contributed by atoms with Gasteiger partial charge in [0.2, 0.25) is 6.41 Å². The minimum absolute atomic E-state index is 0.118.